The average Bonchev–Trinajstić information content (AvgIpc) is 2.98. The molecule has 0 bridgehead atoms. The van der Waals surface area contributed by atoms with Crippen molar-refractivity contribution in [1.29, 1.82) is 0 Å². The molecule has 0 aliphatic heterocycles. The maximum absolute atomic E-state index is 13.3. The number of allylic oxidation sites excluding steroid dienone is 2. The van der Waals surface area contributed by atoms with Crippen molar-refractivity contribution in [2.24, 2.45) is 5.92 Å². The minimum Gasteiger partial charge on any atom is -0.385 e. The van der Waals surface area contributed by atoms with Gasteiger partial charge in [-0.05, 0) is 44.6 Å². The fourth-order valence-electron chi connectivity index (χ4n) is 1.07. The minimum atomic E-state index is -1.31. The van der Waals surface area contributed by atoms with Gasteiger partial charge in [-0.3, -0.25) is 0 Å². The smallest absolute Gasteiger partial charge is 0.137 e. The highest BCUT2D eigenvalue weighted by molar-refractivity contribution is 5.44. The largest absolute Gasteiger partial charge is 0.385 e. The van der Waals surface area contributed by atoms with Gasteiger partial charge < -0.3 is 5.11 Å². The highest BCUT2D eigenvalue weighted by Gasteiger charge is 2.21. The van der Waals surface area contributed by atoms with Gasteiger partial charge in [0, 0.05) is 5.92 Å². The summed E-state index contributed by atoms with van der Waals surface area (Å²) in [5.74, 6) is 10.6. The molecule has 2 heteroatoms. The number of rotatable bonds is 2. The molecule has 0 spiro atoms. The molecule has 1 fully saturated rings. The van der Waals surface area contributed by atoms with E-state index >= 15 is 0 Å². The van der Waals surface area contributed by atoms with Crippen molar-refractivity contribution >= 4 is 0 Å². The first-order valence-electron chi connectivity index (χ1n) is 5.21. The van der Waals surface area contributed by atoms with Gasteiger partial charge in [-0.2, -0.15) is 0 Å². The van der Waals surface area contributed by atoms with Crippen molar-refractivity contribution < 1.29 is 9.50 Å². The van der Waals surface area contributed by atoms with Crippen LogP contribution in [-0.2, 0) is 0 Å². The van der Waals surface area contributed by atoms with Crippen molar-refractivity contribution in [1.82, 2.24) is 0 Å². The van der Waals surface area contributed by atoms with Crippen LogP contribution in [0.2, 0.25) is 0 Å². The molecular formula is C14H15FO. The fraction of sp³-hybridized carbons (Fsp3) is 0.429. The summed E-state index contributed by atoms with van der Waals surface area (Å²) in [5, 5.41) is 9.70. The van der Waals surface area contributed by atoms with Crippen LogP contribution in [0.15, 0.2) is 24.1 Å². The summed E-state index contributed by atoms with van der Waals surface area (Å²) in [5.41, 5.74) is -1.29. The summed E-state index contributed by atoms with van der Waals surface area (Å²) in [6.45, 7) is 6.27. The van der Waals surface area contributed by atoms with Gasteiger partial charge in [-0.25, -0.2) is 4.39 Å². The van der Waals surface area contributed by atoms with E-state index in [9.17, 15) is 9.50 Å². The van der Waals surface area contributed by atoms with Crippen LogP contribution in [0.5, 0.6) is 0 Å². The maximum Gasteiger partial charge on any atom is 0.137 e. The number of hydrogen-bond donors (Lipinski definition) is 1. The van der Waals surface area contributed by atoms with Crippen molar-refractivity contribution in [3.8, 4) is 23.7 Å². The monoisotopic (exact) mass is 218 g/mol. The second kappa shape index (κ2) is 5.01. The highest BCUT2D eigenvalue weighted by atomic mass is 19.1. The van der Waals surface area contributed by atoms with E-state index in [0.717, 1.165) is 18.9 Å². The number of hydrogen-bond acceptors (Lipinski definition) is 1. The lowest BCUT2D eigenvalue weighted by Gasteiger charge is -2.16. The van der Waals surface area contributed by atoms with Crippen molar-refractivity contribution in [3.05, 3.63) is 24.1 Å². The summed E-state index contributed by atoms with van der Waals surface area (Å²) in [6.07, 6.45) is 3.30. The summed E-state index contributed by atoms with van der Waals surface area (Å²) < 4.78 is 13.3. The number of aliphatic hydroxyl groups is 1. The van der Waals surface area contributed by atoms with Gasteiger partial charge in [0.25, 0.3) is 0 Å². The van der Waals surface area contributed by atoms with Gasteiger partial charge in [0.1, 0.15) is 5.83 Å². The molecule has 0 saturated heterocycles. The lowest BCUT2D eigenvalue weighted by Crippen LogP contribution is -2.21. The van der Waals surface area contributed by atoms with E-state index in [0.29, 0.717) is 5.92 Å². The Morgan fingerprint density at radius 2 is 2.06 bits per heavy atom. The molecule has 0 radical (unpaired) electrons. The van der Waals surface area contributed by atoms with Crippen LogP contribution < -0.4 is 0 Å². The Morgan fingerprint density at radius 1 is 1.44 bits per heavy atom. The van der Waals surface area contributed by atoms with Crippen LogP contribution in [0.25, 0.3) is 0 Å². The van der Waals surface area contributed by atoms with E-state index in [-0.39, 0.29) is 5.57 Å². The predicted octanol–water partition coefficient (Wildman–Crippen LogP) is 2.58. The summed E-state index contributed by atoms with van der Waals surface area (Å²) >= 11 is 0. The molecule has 0 heterocycles. The second-order valence-corrected chi connectivity index (χ2v) is 4.28. The Kier molecular flexibility index (Phi) is 3.93. The Labute approximate surface area is 96.1 Å². The molecule has 16 heavy (non-hydrogen) atoms. The van der Waals surface area contributed by atoms with E-state index in [4.69, 9.17) is 0 Å². The zero-order valence-electron chi connectivity index (χ0n) is 9.60. The van der Waals surface area contributed by atoms with Gasteiger partial charge in [0.2, 0.25) is 0 Å². The van der Waals surface area contributed by atoms with E-state index in [2.05, 4.69) is 30.3 Å². The lowest BCUT2D eigenvalue weighted by molar-refractivity contribution is 0.122. The zero-order valence-corrected chi connectivity index (χ0v) is 9.60. The Bertz CT molecular complexity index is 425. The Hall–Kier alpha value is -1.51. The molecule has 1 aliphatic rings. The summed E-state index contributed by atoms with van der Waals surface area (Å²) in [6, 6.07) is 0. The first-order chi connectivity index (χ1) is 7.45. The topological polar surface area (TPSA) is 20.2 Å². The third-order valence-corrected chi connectivity index (χ3v) is 2.13. The van der Waals surface area contributed by atoms with E-state index in [1.54, 1.807) is 0 Å². The van der Waals surface area contributed by atoms with Crippen LogP contribution >= 0.6 is 0 Å². The van der Waals surface area contributed by atoms with Crippen molar-refractivity contribution in [3.63, 3.8) is 0 Å². The fourth-order valence-corrected chi connectivity index (χ4v) is 1.07. The maximum atomic E-state index is 13.3. The lowest BCUT2D eigenvalue weighted by atomic mass is 9.97. The van der Waals surface area contributed by atoms with Crippen LogP contribution in [0, 0.1) is 29.6 Å². The third kappa shape index (κ3) is 3.93. The zero-order chi connectivity index (χ0) is 12.2. The van der Waals surface area contributed by atoms with Crippen molar-refractivity contribution in [2.45, 2.75) is 32.3 Å². The molecular weight excluding hydrogens is 203 g/mol. The molecule has 1 nitrogen and oxygen atoms in total. The number of halogens is 1. The van der Waals surface area contributed by atoms with Crippen LogP contribution in [0.4, 0.5) is 4.39 Å². The normalized spacial score (nSPS) is 16.2. The molecule has 0 atom stereocenters. The molecule has 0 aromatic heterocycles. The molecule has 1 N–H and O–H groups in total. The SMILES string of the molecule is C=C/C(F)=C(/C#CC#CC1CC1)C(C)(C)O. The molecule has 1 saturated carbocycles. The first kappa shape index (κ1) is 12.6. The van der Waals surface area contributed by atoms with Crippen LogP contribution in [0.1, 0.15) is 26.7 Å². The second-order valence-electron chi connectivity index (χ2n) is 4.28. The molecule has 1 rings (SSSR count). The summed E-state index contributed by atoms with van der Waals surface area (Å²) in [7, 11) is 0. The molecule has 1 aliphatic carbocycles. The quantitative estimate of drug-likeness (QED) is 0.558. The first-order valence-corrected chi connectivity index (χ1v) is 5.21. The van der Waals surface area contributed by atoms with Crippen LogP contribution in [0.3, 0.4) is 0 Å². The van der Waals surface area contributed by atoms with E-state index in [1.807, 2.05) is 0 Å². The average molecular weight is 218 g/mol. The Morgan fingerprint density at radius 3 is 2.50 bits per heavy atom. The molecule has 0 unspecified atom stereocenters. The van der Waals surface area contributed by atoms with Crippen molar-refractivity contribution in [2.75, 3.05) is 0 Å². The van der Waals surface area contributed by atoms with E-state index in [1.165, 1.54) is 13.8 Å². The highest BCUT2D eigenvalue weighted by Crippen LogP contribution is 2.27. The molecule has 0 aromatic carbocycles. The molecule has 0 aromatic rings. The molecule has 0 amide bonds. The van der Waals surface area contributed by atoms with Gasteiger partial charge in [-0.1, -0.05) is 18.4 Å². The van der Waals surface area contributed by atoms with Gasteiger partial charge in [0.15, 0.2) is 0 Å². The Balaban J connectivity index is 2.87. The van der Waals surface area contributed by atoms with Crippen LogP contribution in [-0.4, -0.2) is 10.7 Å². The van der Waals surface area contributed by atoms with Gasteiger partial charge in [0.05, 0.1) is 11.2 Å². The van der Waals surface area contributed by atoms with E-state index < -0.39 is 11.4 Å². The predicted molar refractivity (Wildman–Crippen MR) is 62.9 cm³/mol. The third-order valence-electron chi connectivity index (χ3n) is 2.13. The summed E-state index contributed by atoms with van der Waals surface area (Å²) in [4.78, 5) is 0. The van der Waals surface area contributed by atoms with Gasteiger partial charge >= 0.3 is 0 Å². The van der Waals surface area contributed by atoms with Gasteiger partial charge in [-0.15, -0.1) is 0 Å². The molecule has 84 valence electrons. The standard InChI is InChI=1S/C14H15FO/c1-4-13(15)12(14(2,3)16)8-6-5-7-11-9-10-11/h4,11,16H,1,9-10H2,2-3H3/b13-12+. The minimum absolute atomic E-state index is 0.0209.